The van der Waals surface area contributed by atoms with Crippen LogP contribution < -0.4 is 4.74 Å². The second kappa shape index (κ2) is 6.37. The van der Waals surface area contributed by atoms with Crippen molar-refractivity contribution in [3.05, 3.63) is 46.4 Å². The molecule has 0 radical (unpaired) electrons. The highest BCUT2D eigenvalue weighted by molar-refractivity contribution is 7.09. The third-order valence-electron chi connectivity index (χ3n) is 2.30. The minimum atomic E-state index is 0.156. The van der Waals surface area contributed by atoms with Crippen LogP contribution in [-0.2, 0) is 12.8 Å². The molecule has 0 atom stereocenters. The first kappa shape index (κ1) is 12.1. The molecule has 2 rings (SSSR count). The topological polar surface area (TPSA) is 42.4 Å². The third-order valence-corrected chi connectivity index (χ3v) is 3.25. The van der Waals surface area contributed by atoms with Crippen molar-refractivity contribution < 1.29 is 9.84 Å². The van der Waals surface area contributed by atoms with Gasteiger partial charge < -0.3 is 9.84 Å². The maximum absolute atomic E-state index is 8.79. The molecule has 2 aromatic rings. The van der Waals surface area contributed by atoms with E-state index in [2.05, 4.69) is 4.98 Å². The molecule has 3 nitrogen and oxygen atoms in total. The quantitative estimate of drug-likeness (QED) is 0.854. The molecule has 0 fully saturated rings. The molecule has 1 heterocycles. The molecule has 0 aliphatic rings. The minimum Gasteiger partial charge on any atom is -0.493 e. The van der Waals surface area contributed by atoms with Crippen molar-refractivity contribution in [3.63, 3.8) is 0 Å². The number of benzene rings is 1. The zero-order valence-corrected chi connectivity index (χ0v) is 10.3. The van der Waals surface area contributed by atoms with E-state index < -0.39 is 0 Å². The largest absolute Gasteiger partial charge is 0.493 e. The Morgan fingerprint density at radius 2 is 2.00 bits per heavy atom. The van der Waals surface area contributed by atoms with Crippen molar-refractivity contribution in [1.82, 2.24) is 4.98 Å². The van der Waals surface area contributed by atoms with Gasteiger partial charge in [-0.05, 0) is 12.1 Å². The molecular formula is C13H15NO2S. The van der Waals surface area contributed by atoms with Crippen LogP contribution in [0.3, 0.4) is 0 Å². The van der Waals surface area contributed by atoms with Crippen LogP contribution in [0.1, 0.15) is 10.7 Å². The van der Waals surface area contributed by atoms with Crippen LogP contribution in [-0.4, -0.2) is 23.3 Å². The molecule has 1 aromatic heterocycles. The molecule has 4 heteroatoms. The summed E-state index contributed by atoms with van der Waals surface area (Å²) in [6.07, 6.45) is 1.45. The van der Waals surface area contributed by atoms with E-state index in [9.17, 15) is 0 Å². The SMILES string of the molecule is OCCc1csc(CCOc2ccccc2)n1. The number of hydrogen-bond donors (Lipinski definition) is 1. The van der Waals surface area contributed by atoms with Crippen molar-refractivity contribution in [3.8, 4) is 5.75 Å². The van der Waals surface area contributed by atoms with Gasteiger partial charge in [-0.3, -0.25) is 0 Å². The number of aliphatic hydroxyl groups excluding tert-OH is 1. The summed E-state index contributed by atoms with van der Waals surface area (Å²) in [5.41, 5.74) is 0.965. The highest BCUT2D eigenvalue weighted by Gasteiger charge is 2.02. The molecule has 1 N–H and O–H groups in total. The second-order valence-electron chi connectivity index (χ2n) is 3.62. The fraction of sp³-hybridized carbons (Fsp3) is 0.308. The van der Waals surface area contributed by atoms with Gasteiger partial charge in [-0.2, -0.15) is 0 Å². The Morgan fingerprint density at radius 3 is 2.76 bits per heavy atom. The van der Waals surface area contributed by atoms with E-state index in [0.717, 1.165) is 22.9 Å². The van der Waals surface area contributed by atoms with E-state index in [0.29, 0.717) is 13.0 Å². The van der Waals surface area contributed by atoms with Gasteiger partial charge in [-0.1, -0.05) is 18.2 Å². The molecule has 90 valence electrons. The Bertz CT molecular complexity index is 442. The van der Waals surface area contributed by atoms with Crippen molar-refractivity contribution in [2.24, 2.45) is 0 Å². The van der Waals surface area contributed by atoms with Gasteiger partial charge in [0.25, 0.3) is 0 Å². The summed E-state index contributed by atoms with van der Waals surface area (Å²) in [4.78, 5) is 4.41. The smallest absolute Gasteiger partial charge is 0.119 e. The molecule has 0 amide bonds. The normalized spacial score (nSPS) is 10.4. The molecule has 0 spiro atoms. The summed E-state index contributed by atoms with van der Waals surface area (Å²) in [5, 5.41) is 11.8. The zero-order chi connectivity index (χ0) is 11.9. The van der Waals surface area contributed by atoms with Crippen molar-refractivity contribution in [2.75, 3.05) is 13.2 Å². The van der Waals surface area contributed by atoms with Crippen LogP contribution in [0.5, 0.6) is 5.75 Å². The van der Waals surface area contributed by atoms with Crippen molar-refractivity contribution >= 4 is 11.3 Å². The number of para-hydroxylation sites is 1. The lowest BCUT2D eigenvalue weighted by Crippen LogP contribution is -2.01. The predicted molar refractivity (Wildman–Crippen MR) is 68.5 cm³/mol. The van der Waals surface area contributed by atoms with Crippen LogP contribution in [0.15, 0.2) is 35.7 Å². The number of aromatic nitrogens is 1. The summed E-state index contributed by atoms with van der Waals surface area (Å²) < 4.78 is 5.60. The molecule has 0 aliphatic heterocycles. The number of thiazole rings is 1. The Morgan fingerprint density at radius 1 is 1.18 bits per heavy atom. The van der Waals surface area contributed by atoms with E-state index in [1.54, 1.807) is 11.3 Å². The Labute approximate surface area is 105 Å². The van der Waals surface area contributed by atoms with Gasteiger partial charge in [-0.25, -0.2) is 4.98 Å². The second-order valence-corrected chi connectivity index (χ2v) is 4.56. The highest BCUT2D eigenvalue weighted by atomic mass is 32.1. The lowest BCUT2D eigenvalue weighted by Gasteiger charge is -2.03. The van der Waals surface area contributed by atoms with Gasteiger partial charge >= 0.3 is 0 Å². The van der Waals surface area contributed by atoms with Crippen LogP contribution in [0.4, 0.5) is 0 Å². The maximum atomic E-state index is 8.79. The minimum absolute atomic E-state index is 0.156. The first-order valence-electron chi connectivity index (χ1n) is 5.60. The van der Waals surface area contributed by atoms with Gasteiger partial charge in [0, 0.05) is 24.8 Å². The standard InChI is InChI=1S/C13H15NO2S/c15-8-6-11-10-17-13(14-11)7-9-16-12-4-2-1-3-5-12/h1-5,10,15H,6-9H2. The van der Waals surface area contributed by atoms with Gasteiger partial charge in [0.05, 0.1) is 17.3 Å². The third kappa shape index (κ3) is 3.84. The zero-order valence-electron chi connectivity index (χ0n) is 9.50. The number of ether oxygens (including phenoxy) is 1. The van der Waals surface area contributed by atoms with Gasteiger partial charge in [0.2, 0.25) is 0 Å². The lowest BCUT2D eigenvalue weighted by atomic mass is 10.3. The molecule has 0 bridgehead atoms. The van der Waals surface area contributed by atoms with Gasteiger partial charge in [0.15, 0.2) is 0 Å². The molecule has 0 aliphatic carbocycles. The summed E-state index contributed by atoms with van der Waals surface area (Å²) in [6, 6.07) is 9.77. The van der Waals surface area contributed by atoms with Crippen LogP contribution in [0, 0.1) is 0 Å². The fourth-order valence-electron chi connectivity index (χ4n) is 1.47. The first-order chi connectivity index (χ1) is 8.38. The Hall–Kier alpha value is -1.39. The number of rotatable bonds is 6. The highest BCUT2D eigenvalue weighted by Crippen LogP contribution is 2.13. The number of hydrogen-bond acceptors (Lipinski definition) is 4. The predicted octanol–water partition coefficient (Wildman–Crippen LogP) is 2.30. The average Bonchev–Trinajstić information content (AvgIpc) is 2.79. The van der Waals surface area contributed by atoms with E-state index in [4.69, 9.17) is 9.84 Å². The van der Waals surface area contributed by atoms with E-state index in [-0.39, 0.29) is 6.61 Å². The van der Waals surface area contributed by atoms with E-state index in [1.165, 1.54) is 0 Å². The fourth-order valence-corrected chi connectivity index (χ4v) is 2.28. The van der Waals surface area contributed by atoms with Crippen LogP contribution >= 0.6 is 11.3 Å². The molecular weight excluding hydrogens is 234 g/mol. The Kier molecular flexibility index (Phi) is 4.53. The summed E-state index contributed by atoms with van der Waals surface area (Å²) >= 11 is 1.62. The Balaban J connectivity index is 1.78. The summed E-state index contributed by atoms with van der Waals surface area (Å²) in [6.45, 7) is 0.791. The number of aliphatic hydroxyl groups is 1. The van der Waals surface area contributed by atoms with E-state index >= 15 is 0 Å². The van der Waals surface area contributed by atoms with Crippen LogP contribution in [0.2, 0.25) is 0 Å². The van der Waals surface area contributed by atoms with Crippen molar-refractivity contribution in [1.29, 1.82) is 0 Å². The average molecular weight is 249 g/mol. The van der Waals surface area contributed by atoms with Crippen LogP contribution in [0.25, 0.3) is 0 Å². The molecule has 0 saturated heterocycles. The lowest BCUT2D eigenvalue weighted by molar-refractivity contribution is 0.298. The summed E-state index contributed by atoms with van der Waals surface area (Å²) in [7, 11) is 0. The van der Waals surface area contributed by atoms with Gasteiger partial charge in [0.1, 0.15) is 5.75 Å². The molecule has 17 heavy (non-hydrogen) atoms. The number of nitrogens with zero attached hydrogens (tertiary/aromatic N) is 1. The summed E-state index contributed by atoms with van der Waals surface area (Å²) in [5.74, 6) is 0.889. The monoisotopic (exact) mass is 249 g/mol. The molecule has 0 unspecified atom stereocenters. The van der Waals surface area contributed by atoms with Gasteiger partial charge in [-0.15, -0.1) is 11.3 Å². The maximum Gasteiger partial charge on any atom is 0.119 e. The van der Waals surface area contributed by atoms with E-state index in [1.807, 2.05) is 35.7 Å². The molecule has 0 saturated carbocycles. The molecule has 1 aromatic carbocycles. The van der Waals surface area contributed by atoms with Crippen molar-refractivity contribution in [2.45, 2.75) is 12.8 Å². The first-order valence-corrected chi connectivity index (χ1v) is 6.48.